The van der Waals surface area contributed by atoms with Crippen molar-refractivity contribution < 1.29 is 27.5 Å². The molecular formula is C24H29N3O6S. The summed E-state index contributed by atoms with van der Waals surface area (Å²) in [5.41, 5.74) is 2.68. The molecule has 10 heteroatoms. The Hall–Kier alpha value is -3.11. The van der Waals surface area contributed by atoms with Crippen molar-refractivity contribution in [1.82, 2.24) is 14.5 Å². The highest BCUT2D eigenvalue weighted by Crippen LogP contribution is 2.28. The number of nitrogens with zero attached hydrogens (tertiary/aromatic N) is 2. The van der Waals surface area contributed by atoms with E-state index >= 15 is 0 Å². The molecule has 0 aromatic heterocycles. The molecule has 0 unspecified atom stereocenters. The van der Waals surface area contributed by atoms with Crippen molar-refractivity contribution in [2.45, 2.75) is 24.2 Å². The van der Waals surface area contributed by atoms with Gasteiger partial charge in [0.2, 0.25) is 15.9 Å². The SMILES string of the molecule is COc1ccc(C(=O)NCC(=O)N2CCN(S(=O)(=O)c3ccc4c(c3)CCC4)CC2)cc1OC. The summed E-state index contributed by atoms with van der Waals surface area (Å²) in [6.45, 7) is 0.804. The topological polar surface area (TPSA) is 105 Å². The van der Waals surface area contributed by atoms with Gasteiger partial charge in [-0.25, -0.2) is 8.42 Å². The Morgan fingerprint density at radius 2 is 1.62 bits per heavy atom. The summed E-state index contributed by atoms with van der Waals surface area (Å²) in [4.78, 5) is 27.0. The molecule has 2 aromatic carbocycles. The van der Waals surface area contributed by atoms with Gasteiger partial charge < -0.3 is 19.7 Å². The van der Waals surface area contributed by atoms with Gasteiger partial charge in [-0.15, -0.1) is 0 Å². The number of fused-ring (bicyclic) bond motifs is 1. The lowest BCUT2D eigenvalue weighted by Crippen LogP contribution is -2.52. The summed E-state index contributed by atoms with van der Waals surface area (Å²) >= 11 is 0. The summed E-state index contributed by atoms with van der Waals surface area (Å²) in [5, 5.41) is 2.62. The lowest BCUT2D eigenvalue weighted by atomic mass is 10.1. The normalized spacial score (nSPS) is 16.1. The number of carbonyl (C=O) groups excluding carboxylic acids is 2. The Kier molecular flexibility index (Phi) is 7.08. The fourth-order valence-electron chi connectivity index (χ4n) is 4.38. The lowest BCUT2D eigenvalue weighted by Gasteiger charge is -2.34. The van der Waals surface area contributed by atoms with E-state index in [1.54, 1.807) is 35.2 Å². The molecule has 2 amide bonds. The maximum absolute atomic E-state index is 13.1. The Labute approximate surface area is 199 Å². The number of rotatable bonds is 7. The largest absolute Gasteiger partial charge is 0.493 e. The number of benzene rings is 2. The number of amides is 2. The monoisotopic (exact) mass is 487 g/mol. The van der Waals surface area contributed by atoms with Crippen molar-refractivity contribution in [3.05, 3.63) is 53.1 Å². The molecule has 1 aliphatic heterocycles. The van der Waals surface area contributed by atoms with E-state index in [4.69, 9.17) is 9.47 Å². The molecule has 9 nitrogen and oxygen atoms in total. The first-order valence-electron chi connectivity index (χ1n) is 11.2. The summed E-state index contributed by atoms with van der Waals surface area (Å²) in [6, 6.07) is 10.1. The second-order valence-electron chi connectivity index (χ2n) is 8.32. The van der Waals surface area contributed by atoms with Gasteiger partial charge in [-0.1, -0.05) is 6.07 Å². The zero-order valence-corrected chi connectivity index (χ0v) is 20.2. The third-order valence-electron chi connectivity index (χ3n) is 6.34. The fourth-order valence-corrected chi connectivity index (χ4v) is 5.86. The van der Waals surface area contributed by atoms with Crippen LogP contribution in [0.2, 0.25) is 0 Å². The molecule has 1 N–H and O–H groups in total. The number of sulfonamides is 1. The van der Waals surface area contributed by atoms with E-state index in [1.165, 1.54) is 24.1 Å². The first-order valence-corrected chi connectivity index (χ1v) is 12.7. The van der Waals surface area contributed by atoms with E-state index in [-0.39, 0.29) is 38.6 Å². The van der Waals surface area contributed by atoms with Crippen LogP contribution in [0.4, 0.5) is 0 Å². The zero-order chi connectivity index (χ0) is 24.3. The molecule has 1 fully saturated rings. The third kappa shape index (κ3) is 4.88. The van der Waals surface area contributed by atoms with Crippen molar-refractivity contribution in [2.24, 2.45) is 0 Å². The van der Waals surface area contributed by atoms with E-state index in [2.05, 4.69) is 5.32 Å². The Morgan fingerprint density at radius 3 is 2.32 bits per heavy atom. The van der Waals surface area contributed by atoms with E-state index in [9.17, 15) is 18.0 Å². The van der Waals surface area contributed by atoms with Gasteiger partial charge in [0, 0.05) is 31.7 Å². The number of hydrogen-bond donors (Lipinski definition) is 1. The minimum absolute atomic E-state index is 0.176. The van der Waals surface area contributed by atoms with Crippen molar-refractivity contribution in [2.75, 3.05) is 46.9 Å². The Bertz CT molecular complexity index is 1190. The molecule has 0 spiro atoms. The minimum Gasteiger partial charge on any atom is -0.493 e. The molecule has 1 saturated heterocycles. The summed E-state index contributed by atoms with van der Waals surface area (Å²) in [6.07, 6.45) is 2.97. The first-order chi connectivity index (χ1) is 16.3. The van der Waals surface area contributed by atoms with Crippen molar-refractivity contribution >= 4 is 21.8 Å². The van der Waals surface area contributed by atoms with Crippen LogP contribution >= 0.6 is 0 Å². The number of aryl methyl sites for hydroxylation is 2. The molecule has 0 bridgehead atoms. The standard InChI is InChI=1S/C24H29N3O6S/c1-32-21-9-7-19(15-22(21)33-2)24(29)25-16-23(28)26-10-12-27(13-11-26)34(30,31)20-8-6-17-4-3-5-18(17)14-20/h6-9,14-15H,3-5,10-13,16H2,1-2H3,(H,25,29). The van der Waals surface area contributed by atoms with Crippen LogP contribution in [0.25, 0.3) is 0 Å². The average molecular weight is 488 g/mol. The number of carbonyl (C=O) groups is 2. The van der Waals surface area contributed by atoms with E-state index in [0.29, 0.717) is 22.0 Å². The molecule has 34 heavy (non-hydrogen) atoms. The van der Waals surface area contributed by atoms with E-state index < -0.39 is 15.9 Å². The molecule has 1 heterocycles. The van der Waals surface area contributed by atoms with Crippen molar-refractivity contribution in [3.63, 3.8) is 0 Å². The fraction of sp³-hybridized carbons (Fsp3) is 0.417. The third-order valence-corrected chi connectivity index (χ3v) is 8.24. The molecule has 4 rings (SSSR count). The number of nitrogens with one attached hydrogen (secondary N) is 1. The van der Waals surface area contributed by atoms with Gasteiger partial charge in [-0.3, -0.25) is 9.59 Å². The van der Waals surface area contributed by atoms with Crippen LogP contribution in [0.3, 0.4) is 0 Å². The molecule has 0 radical (unpaired) electrons. The smallest absolute Gasteiger partial charge is 0.251 e. The number of ether oxygens (including phenoxy) is 2. The Balaban J connectivity index is 1.31. The van der Waals surface area contributed by atoms with Crippen LogP contribution in [0.15, 0.2) is 41.3 Å². The van der Waals surface area contributed by atoms with Gasteiger partial charge >= 0.3 is 0 Å². The van der Waals surface area contributed by atoms with Crippen molar-refractivity contribution in [3.8, 4) is 11.5 Å². The molecule has 2 aromatic rings. The number of piperazine rings is 1. The number of hydrogen-bond acceptors (Lipinski definition) is 6. The summed E-state index contributed by atoms with van der Waals surface area (Å²) < 4.78 is 38.0. The maximum Gasteiger partial charge on any atom is 0.251 e. The van der Waals surface area contributed by atoms with Crippen LogP contribution in [0.5, 0.6) is 11.5 Å². The molecular weight excluding hydrogens is 458 g/mol. The highest BCUT2D eigenvalue weighted by Gasteiger charge is 2.31. The van der Waals surface area contributed by atoms with Crippen LogP contribution in [-0.4, -0.2) is 76.4 Å². The minimum atomic E-state index is -3.60. The molecule has 1 aliphatic carbocycles. The predicted molar refractivity (Wildman–Crippen MR) is 126 cm³/mol. The summed E-state index contributed by atoms with van der Waals surface area (Å²) in [7, 11) is -0.617. The van der Waals surface area contributed by atoms with Gasteiger partial charge in [-0.2, -0.15) is 4.31 Å². The second-order valence-corrected chi connectivity index (χ2v) is 10.3. The van der Waals surface area contributed by atoms with Crippen LogP contribution in [-0.2, 0) is 27.7 Å². The molecule has 0 saturated carbocycles. The van der Waals surface area contributed by atoms with Gasteiger partial charge in [0.05, 0.1) is 25.7 Å². The van der Waals surface area contributed by atoms with E-state index in [1.807, 2.05) is 6.07 Å². The lowest BCUT2D eigenvalue weighted by molar-refractivity contribution is -0.131. The predicted octanol–water partition coefficient (Wildman–Crippen LogP) is 1.46. The van der Waals surface area contributed by atoms with E-state index in [0.717, 1.165) is 24.8 Å². The van der Waals surface area contributed by atoms with Gasteiger partial charge in [-0.05, 0) is 60.7 Å². The molecule has 2 aliphatic rings. The van der Waals surface area contributed by atoms with Crippen molar-refractivity contribution in [1.29, 1.82) is 0 Å². The average Bonchev–Trinajstić information content (AvgIpc) is 3.34. The van der Waals surface area contributed by atoms with Crippen LogP contribution in [0, 0.1) is 0 Å². The van der Waals surface area contributed by atoms with Crippen LogP contribution in [0.1, 0.15) is 27.9 Å². The molecule has 182 valence electrons. The highest BCUT2D eigenvalue weighted by atomic mass is 32.2. The highest BCUT2D eigenvalue weighted by molar-refractivity contribution is 7.89. The van der Waals surface area contributed by atoms with Gasteiger partial charge in [0.15, 0.2) is 11.5 Å². The zero-order valence-electron chi connectivity index (χ0n) is 19.4. The molecule has 0 atom stereocenters. The van der Waals surface area contributed by atoms with Gasteiger partial charge in [0.1, 0.15) is 0 Å². The maximum atomic E-state index is 13.1. The quantitative estimate of drug-likeness (QED) is 0.634. The number of methoxy groups -OCH3 is 2. The summed E-state index contributed by atoms with van der Waals surface area (Å²) in [5.74, 6) is 0.251. The second kappa shape index (κ2) is 10.0. The Morgan fingerprint density at radius 1 is 0.912 bits per heavy atom. The van der Waals surface area contributed by atoms with Crippen LogP contribution < -0.4 is 14.8 Å². The first kappa shape index (κ1) is 24.0. The van der Waals surface area contributed by atoms with Gasteiger partial charge in [0.25, 0.3) is 5.91 Å².